The lowest BCUT2D eigenvalue weighted by Crippen LogP contribution is -3.11. The molecule has 21 nitrogen and oxygen atoms in total. The number of ether oxygens (including phenoxy) is 1. The van der Waals surface area contributed by atoms with Gasteiger partial charge in [0, 0.05) is 17.4 Å². The van der Waals surface area contributed by atoms with Crippen LogP contribution < -0.4 is 36.0 Å². The molecule has 0 aromatic carbocycles. The Balaban J connectivity index is 0.000000512. The number of aliphatic hydroxyl groups is 2. The van der Waals surface area contributed by atoms with Crippen LogP contribution in [0.3, 0.4) is 0 Å². The molecule has 8 N–H and O–H groups in total. The number of thioether (sulfide) groups is 1. The van der Waals surface area contributed by atoms with E-state index < -0.39 is 52.8 Å². The number of fused-ring (bicyclic) bond motifs is 2. The van der Waals surface area contributed by atoms with Crippen LogP contribution >= 0.6 is 27.4 Å². The predicted molar refractivity (Wildman–Crippen MR) is 203 cm³/mol. The lowest BCUT2D eigenvalue weighted by molar-refractivity contribution is -0.894. The highest BCUT2D eigenvalue weighted by atomic mass is 32.2. The van der Waals surface area contributed by atoms with E-state index in [1.807, 2.05) is 0 Å². The highest BCUT2D eigenvalue weighted by molar-refractivity contribution is 8.00. The standard InChI is InChI=1S/C20H29N7O12P2S.2C6H15N/c21-17-14-18(23-7-22-17)27(8-24-14)19-16(30)15(29)10(37-19)5-36-40(32,33)39-41(34,35)38-12(28)4-2-1-3-11-13-9(6-42-11)25-20(31)26-13;2*1-4-7(5-2)6-3/h7-11,13,15-16,19,29-30H,1-6H2,(H,32,33)(H,34,35)(H2,21,22,23)(H2,25,26,31);2*4-6H2,1-3H3/t9-,10+,11-,13-,15?,16-,19+;;/m0../s1. The van der Waals surface area contributed by atoms with Crippen LogP contribution in [0, 0.1) is 0 Å². The van der Waals surface area contributed by atoms with Gasteiger partial charge in [0.15, 0.2) is 17.7 Å². The van der Waals surface area contributed by atoms with Gasteiger partial charge in [-0.2, -0.15) is 11.8 Å². The number of nitrogen functional groups attached to an aromatic ring is 1. The van der Waals surface area contributed by atoms with Gasteiger partial charge < -0.3 is 60.0 Å². The van der Waals surface area contributed by atoms with Gasteiger partial charge in [-0.3, -0.25) is 18.5 Å². The van der Waals surface area contributed by atoms with Crippen LogP contribution in [0.2, 0.25) is 0 Å². The largest absolute Gasteiger partial charge is 0.756 e. The van der Waals surface area contributed by atoms with Crippen molar-refractivity contribution in [2.45, 2.75) is 109 Å². The molecule has 5 rings (SSSR count). The van der Waals surface area contributed by atoms with Gasteiger partial charge in [-0.1, -0.05) is 6.42 Å². The number of aromatic nitrogens is 4. The second-order valence-electron chi connectivity index (χ2n) is 13.4. The van der Waals surface area contributed by atoms with Gasteiger partial charge in [-0.15, -0.1) is 0 Å². The Labute approximate surface area is 331 Å². The van der Waals surface area contributed by atoms with Crippen molar-refractivity contribution in [3.63, 3.8) is 0 Å². The summed E-state index contributed by atoms with van der Waals surface area (Å²) in [6, 6.07) is -0.184. The Bertz CT molecular complexity index is 1620. The first kappa shape index (κ1) is 47.9. The molecule has 3 aliphatic heterocycles. The van der Waals surface area contributed by atoms with E-state index in [4.69, 9.17) is 10.5 Å². The van der Waals surface area contributed by atoms with E-state index in [1.165, 1.54) is 50.2 Å². The van der Waals surface area contributed by atoms with Crippen molar-refractivity contribution in [2.24, 2.45) is 0 Å². The van der Waals surface area contributed by atoms with Gasteiger partial charge >= 0.3 is 19.8 Å². The third-order valence-corrected chi connectivity index (χ3v) is 13.9. The van der Waals surface area contributed by atoms with Crippen LogP contribution in [0.15, 0.2) is 12.7 Å². The number of unbranched alkanes of at least 4 members (excludes halogenated alkanes) is 1. The smallest absolute Gasteiger partial charge is 0.328 e. The number of amides is 2. The number of carbonyl (C=O) groups is 2. The molecule has 3 unspecified atom stereocenters. The molecule has 3 saturated heterocycles. The average molecular weight is 856 g/mol. The fraction of sp³-hybridized carbons (Fsp3) is 0.781. The SMILES string of the molecule is CC[NH+](CC)CC.CC[NH+](CC)CC.Nc1ncnc2c1ncn2[C@@H]1O[C@H](COP(=O)([O-])OP(=O)([O-])OC(=O)CCCC[C@@H]2SC[C@@H]3NC(=O)N[C@@H]32)C(O)[C@@H]1O. The van der Waals surface area contributed by atoms with E-state index in [-0.39, 0.29) is 53.2 Å². The molecule has 9 atom stereocenters. The van der Waals surface area contributed by atoms with Crippen molar-refractivity contribution in [2.75, 3.05) is 57.4 Å². The molecule has 5 heterocycles. The first-order chi connectivity index (χ1) is 26.5. The number of carbonyl (C=O) groups excluding carboxylic acids is 2. The molecule has 3 fully saturated rings. The first-order valence-electron chi connectivity index (χ1n) is 19.0. The quantitative estimate of drug-likeness (QED) is 0.0491. The van der Waals surface area contributed by atoms with Crippen LogP contribution in [0.25, 0.3) is 11.2 Å². The summed E-state index contributed by atoms with van der Waals surface area (Å²) < 4.78 is 43.7. The molecule has 0 saturated carbocycles. The van der Waals surface area contributed by atoms with E-state index in [0.717, 1.165) is 12.1 Å². The zero-order chi connectivity index (χ0) is 41.6. The van der Waals surface area contributed by atoms with Crippen LogP contribution in [0.5, 0.6) is 0 Å². The summed E-state index contributed by atoms with van der Waals surface area (Å²) in [6.45, 7) is 20.0. The number of hydrogen-bond acceptors (Lipinski definition) is 17. The van der Waals surface area contributed by atoms with Crippen LogP contribution in [0.1, 0.15) is 73.5 Å². The van der Waals surface area contributed by atoms with Crippen LogP contribution in [-0.4, -0.2) is 129 Å². The van der Waals surface area contributed by atoms with Gasteiger partial charge in [-0.25, -0.2) is 24.1 Å². The molecule has 24 heteroatoms. The Morgan fingerprint density at radius 3 is 2.20 bits per heavy atom. The van der Waals surface area contributed by atoms with E-state index >= 15 is 0 Å². The minimum atomic E-state index is -5.68. The zero-order valence-electron chi connectivity index (χ0n) is 32.8. The molecular formula is C32H59N9O12P2S. The van der Waals surface area contributed by atoms with Gasteiger partial charge in [0.2, 0.25) is 0 Å². The molecule has 3 aliphatic rings. The molecule has 0 aliphatic carbocycles. The lowest BCUT2D eigenvalue weighted by Gasteiger charge is -2.30. The number of aliphatic hydroxyl groups excluding tert-OH is 2. The molecule has 320 valence electrons. The number of hydrogen-bond donors (Lipinski definition) is 7. The highest BCUT2D eigenvalue weighted by Gasteiger charge is 2.45. The number of urea groups is 1. The number of phosphoric acid groups is 2. The summed E-state index contributed by atoms with van der Waals surface area (Å²) >= 11 is 1.69. The second kappa shape index (κ2) is 22.6. The fourth-order valence-electron chi connectivity index (χ4n) is 6.41. The second-order valence-corrected chi connectivity index (χ2v) is 17.5. The molecule has 2 aromatic rings. The minimum Gasteiger partial charge on any atom is -0.756 e. The number of rotatable bonds is 18. The molecule has 56 heavy (non-hydrogen) atoms. The van der Waals surface area contributed by atoms with Gasteiger partial charge in [0.1, 0.15) is 30.2 Å². The Hall–Kier alpha value is -2.46. The van der Waals surface area contributed by atoms with Gasteiger partial charge in [0.25, 0.3) is 7.82 Å². The summed E-state index contributed by atoms with van der Waals surface area (Å²) in [7, 11) is -11.3. The van der Waals surface area contributed by atoms with E-state index in [0.29, 0.717) is 12.8 Å². The molecule has 2 amide bonds. The maximum atomic E-state index is 12.2. The van der Waals surface area contributed by atoms with E-state index in [9.17, 15) is 38.7 Å². The monoisotopic (exact) mass is 855 g/mol. The molecular weight excluding hydrogens is 796 g/mol. The maximum Gasteiger partial charge on any atom is 0.328 e. The third-order valence-electron chi connectivity index (χ3n) is 9.87. The zero-order valence-corrected chi connectivity index (χ0v) is 35.4. The third kappa shape index (κ3) is 13.8. The average Bonchev–Trinajstić information content (AvgIpc) is 3.91. The van der Waals surface area contributed by atoms with Crippen molar-refractivity contribution in [3.8, 4) is 0 Å². The van der Waals surface area contributed by atoms with Crippen molar-refractivity contribution in [1.29, 1.82) is 0 Å². The van der Waals surface area contributed by atoms with Crippen LogP contribution in [0.4, 0.5) is 10.6 Å². The van der Waals surface area contributed by atoms with E-state index in [1.54, 1.807) is 21.6 Å². The molecule has 0 spiro atoms. The number of nitrogens with two attached hydrogens (primary N) is 1. The molecule has 0 bridgehead atoms. The van der Waals surface area contributed by atoms with Crippen molar-refractivity contribution in [3.05, 3.63) is 12.7 Å². The summed E-state index contributed by atoms with van der Waals surface area (Å²) in [5, 5.41) is 26.6. The first-order valence-corrected chi connectivity index (χ1v) is 23.0. The minimum absolute atomic E-state index is 0.0134. The highest BCUT2D eigenvalue weighted by Crippen LogP contribution is 2.56. The van der Waals surface area contributed by atoms with Gasteiger partial charge in [-0.05, 0) is 54.4 Å². The number of anilines is 1. The predicted octanol–water partition coefficient (Wildman–Crippen LogP) is -1.87. The Morgan fingerprint density at radius 1 is 0.982 bits per heavy atom. The molecule has 2 aromatic heterocycles. The van der Waals surface area contributed by atoms with Crippen molar-refractivity contribution >= 4 is 56.4 Å². The maximum absolute atomic E-state index is 12.2. The normalized spacial score (nSPS) is 26.4. The number of imidazole rings is 1. The topological polar surface area (TPSA) is 294 Å². The molecule has 0 radical (unpaired) electrons. The number of nitrogens with zero attached hydrogens (tertiary/aromatic N) is 4. The number of quaternary nitrogens is 2. The Kier molecular flexibility index (Phi) is 19.4. The fourth-order valence-corrected chi connectivity index (χ4v) is 9.92. The van der Waals surface area contributed by atoms with Crippen molar-refractivity contribution < 1.29 is 66.6 Å². The summed E-state index contributed by atoms with van der Waals surface area (Å²) in [5.41, 5.74) is 6.10. The van der Waals surface area contributed by atoms with Crippen molar-refractivity contribution in [1.82, 2.24) is 30.2 Å². The van der Waals surface area contributed by atoms with E-state index in [2.05, 4.69) is 80.5 Å². The number of nitrogens with one attached hydrogen (secondary N) is 4. The summed E-state index contributed by atoms with van der Waals surface area (Å²) in [6.07, 6.45) is -2.50. The van der Waals surface area contributed by atoms with Crippen LogP contribution in [-0.2, 0) is 32.0 Å². The summed E-state index contributed by atoms with van der Waals surface area (Å²) in [5.74, 6) is -0.402. The van der Waals surface area contributed by atoms with Gasteiger partial charge in [0.05, 0.1) is 64.3 Å². The Morgan fingerprint density at radius 2 is 1.61 bits per heavy atom. The summed E-state index contributed by atoms with van der Waals surface area (Å²) in [4.78, 5) is 62.8. The lowest BCUT2D eigenvalue weighted by atomic mass is 10.0. The number of phosphoric ester groups is 2.